The summed E-state index contributed by atoms with van der Waals surface area (Å²) < 4.78 is 0. The van der Waals surface area contributed by atoms with E-state index in [1.165, 1.54) is 32.1 Å². The smallest absolute Gasteiger partial charge is 0.233 e. The summed E-state index contributed by atoms with van der Waals surface area (Å²) in [4.78, 5) is 15.3. The molecule has 162 valence electrons. The summed E-state index contributed by atoms with van der Waals surface area (Å²) in [5, 5.41) is 13.4. The Balaban J connectivity index is 1.82. The first-order valence-corrected chi connectivity index (χ1v) is 11.3. The second kappa shape index (κ2) is 10.6. The Kier molecular flexibility index (Phi) is 7.92. The van der Waals surface area contributed by atoms with Crippen LogP contribution in [0.25, 0.3) is 0 Å². The first kappa shape index (κ1) is 22.4. The molecule has 30 heavy (non-hydrogen) atoms. The molecular formula is C26H36N2O2. The number of nitrogens with one attached hydrogen (secondary N) is 1. The van der Waals surface area contributed by atoms with Crippen molar-refractivity contribution in [2.45, 2.75) is 62.8 Å². The van der Waals surface area contributed by atoms with Crippen molar-refractivity contribution < 1.29 is 9.90 Å². The molecule has 1 atom stereocenters. The van der Waals surface area contributed by atoms with Gasteiger partial charge in [0.1, 0.15) is 5.75 Å². The van der Waals surface area contributed by atoms with E-state index in [1.807, 2.05) is 44.4 Å². The number of phenolic OH excluding ortho intramolecular Hbond substituents is 1. The zero-order valence-corrected chi connectivity index (χ0v) is 18.4. The van der Waals surface area contributed by atoms with Gasteiger partial charge in [0, 0.05) is 20.1 Å². The lowest BCUT2D eigenvalue weighted by molar-refractivity contribution is -0.135. The molecule has 1 unspecified atom stereocenters. The average molecular weight is 409 g/mol. The molecule has 3 rings (SSSR count). The minimum absolute atomic E-state index is 0.138. The first-order valence-electron chi connectivity index (χ1n) is 11.3. The molecule has 1 fully saturated rings. The number of nitrogens with zero attached hydrogens (tertiary/aromatic N) is 1. The summed E-state index contributed by atoms with van der Waals surface area (Å²) >= 11 is 0. The highest BCUT2D eigenvalue weighted by atomic mass is 16.3. The predicted octanol–water partition coefficient (Wildman–Crippen LogP) is 4.66. The number of hydrogen-bond donors (Lipinski definition) is 2. The zero-order valence-electron chi connectivity index (χ0n) is 18.4. The van der Waals surface area contributed by atoms with Crippen LogP contribution in [-0.2, 0) is 16.6 Å². The lowest BCUT2D eigenvalue weighted by Crippen LogP contribution is -2.46. The summed E-state index contributed by atoms with van der Waals surface area (Å²) in [6.07, 6.45) is 8.91. The predicted molar refractivity (Wildman–Crippen MR) is 123 cm³/mol. The molecule has 0 aliphatic heterocycles. The van der Waals surface area contributed by atoms with E-state index in [9.17, 15) is 9.90 Å². The maximum Gasteiger partial charge on any atom is 0.233 e. The minimum atomic E-state index is -0.615. The van der Waals surface area contributed by atoms with Gasteiger partial charge in [-0.05, 0) is 61.9 Å². The minimum Gasteiger partial charge on any atom is -0.508 e. The van der Waals surface area contributed by atoms with Crippen LogP contribution in [0.4, 0.5) is 0 Å². The van der Waals surface area contributed by atoms with Gasteiger partial charge in [-0.1, -0.05) is 61.7 Å². The molecule has 1 amide bonds. The molecule has 2 N–H and O–H groups in total. The van der Waals surface area contributed by atoms with Crippen molar-refractivity contribution in [3.05, 3.63) is 65.7 Å². The molecule has 1 aliphatic rings. The fourth-order valence-corrected chi connectivity index (χ4v) is 4.79. The zero-order chi connectivity index (χ0) is 21.4. The molecule has 2 aromatic rings. The molecule has 0 radical (unpaired) electrons. The third-order valence-corrected chi connectivity index (χ3v) is 6.40. The van der Waals surface area contributed by atoms with Crippen molar-refractivity contribution in [1.29, 1.82) is 0 Å². The second-order valence-corrected chi connectivity index (χ2v) is 8.88. The van der Waals surface area contributed by atoms with Gasteiger partial charge in [-0.2, -0.15) is 0 Å². The fourth-order valence-electron chi connectivity index (χ4n) is 4.79. The Morgan fingerprint density at radius 2 is 1.70 bits per heavy atom. The number of amides is 1. The quantitative estimate of drug-likeness (QED) is 0.593. The molecule has 1 aliphatic carbocycles. The summed E-state index contributed by atoms with van der Waals surface area (Å²) in [7, 11) is 3.69. The van der Waals surface area contributed by atoms with Crippen molar-refractivity contribution in [2.24, 2.45) is 0 Å². The van der Waals surface area contributed by atoms with Crippen LogP contribution in [0, 0.1) is 0 Å². The Hall–Kier alpha value is -2.33. The number of carbonyl (C=O) groups excluding carboxylic acids is 1. The van der Waals surface area contributed by atoms with Crippen molar-refractivity contribution in [1.82, 2.24) is 10.2 Å². The largest absolute Gasteiger partial charge is 0.508 e. The van der Waals surface area contributed by atoms with Crippen LogP contribution in [-0.4, -0.2) is 42.6 Å². The van der Waals surface area contributed by atoms with E-state index < -0.39 is 5.41 Å². The number of rotatable bonds is 9. The third kappa shape index (κ3) is 5.63. The van der Waals surface area contributed by atoms with Gasteiger partial charge in [-0.15, -0.1) is 0 Å². The van der Waals surface area contributed by atoms with Crippen molar-refractivity contribution in [3.63, 3.8) is 0 Å². The fraction of sp³-hybridized carbons (Fsp3) is 0.500. The molecule has 0 bridgehead atoms. The van der Waals surface area contributed by atoms with E-state index in [1.54, 1.807) is 17.0 Å². The summed E-state index contributed by atoms with van der Waals surface area (Å²) in [6.45, 7) is 0.940. The van der Waals surface area contributed by atoms with E-state index >= 15 is 0 Å². The summed E-state index contributed by atoms with van der Waals surface area (Å²) in [6, 6.07) is 18.1. The highest BCUT2D eigenvalue weighted by Gasteiger charge is 2.40. The van der Waals surface area contributed by atoms with Crippen LogP contribution < -0.4 is 5.32 Å². The number of carbonyl (C=O) groups is 1. The molecular weight excluding hydrogens is 372 g/mol. The van der Waals surface area contributed by atoms with Gasteiger partial charge in [0.2, 0.25) is 5.91 Å². The van der Waals surface area contributed by atoms with Crippen LogP contribution in [0.15, 0.2) is 54.6 Å². The van der Waals surface area contributed by atoms with E-state index in [4.69, 9.17) is 0 Å². The van der Waals surface area contributed by atoms with Gasteiger partial charge in [-0.3, -0.25) is 4.79 Å². The monoisotopic (exact) mass is 408 g/mol. The van der Waals surface area contributed by atoms with Gasteiger partial charge in [0.15, 0.2) is 0 Å². The molecule has 4 heteroatoms. The maximum atomic E-state index is 13.6. The standard InChI is InChI=1S/C26H36N2O2/c1-28(2)25(30)26(22-10-5-3-6-11-22,20-21-14-16-24(29)17-15-21)18-9-19-27-23-12-7-4-8-13-23/h3,5-6,10-11,14-17,23,27,29H,4,7-9,12-13,18-20H2,1-2H3. The molecule has 4 nitrogen and oxygen atoms in total. The van der Waals surface area contributed by atoms with Crippen LogP contribution in [0.5, 0.6) is 5.75 Å². The molecule has 0 heterocycles. The Bertz CT molecular complexity index is 782. The molecule has 0 spiro atoms. The number of benzene rings is 2. The van der Waals surface area contributed by atoms with Crippen LogP contribution >= 0.6 is 0 Å². The number of likely N-dealkylation sites (N-methyl/N-ethyl adjacent to an activating group) is 1. The van der Waals surface area contributed by atoms with Gasteiger partial charge >= 0.3 is 0 Å². The highest BCUT2D eigenvalue weighted by molar-refractivity contribution is 5.88. The van der Waals surface area contributed by atoms with E-state index in [0.29, 0.717) is 12.5 Å². The molecule has 0 aromatic heterocycles. The van der Waals surface area contributed by atoms with E-state index in [0.717, 1.165) is 30.5 Å². The second-order valence-electron chi connectivity index (χ2n) is 8.88. The lowest BCUT2D eigenvalue weighted by atomic mass is 9.71. The van der Waals surface area contributed by atoms with Crippen LogP contribution in [0.3, 0.4) is 0 Å². The number of aromatic hydroxyl groups is 1. The van der Waals surface area contributed by atoms with Gasteiger partial charge in [0.25, 0.3) is 0 Å². The summed E-state index contributed by atoms with van der Waals surface area (Å²) in [5.41, 5.74) is 1.51. The Labute approximate surface area is 181 Å². The number of phenols is 1. The van der Waals surface area contributed by atoms with Crippen molar-refractivity contribution in [3.8, 4) is 5.75 Å². The van der Waals surface area contributed by atoms with Crippen molar-refractivity contribution >= 4 is 5.91 Å². The van der Waals surface area contributed by atoms with Crippen LogP contribution in [0.2, 0.25) is 0 Å². The lowest BCUT2D eigenvalue weighted by Gasteiger charge is -2.36. The highest BCUT2D eigenvalue weighted by Crippen LogP contribution is 2.35. The molecule has 0 saturated heterocycles. The molecule has 2 aromatic carbocycles. The third-order valence-electron chi connectivity index (χ3n) is 6.40. The topological polar surface area (TPSA) is 52.6 Å². The maximum absolute atomic E-state index is 13.6. The first-order chi connectivity index (χ1) is 14.5. The van der Waals surface area contributed by atoms with Gasteiger partial charge < -0.3 is 15.3 Å². The SMILES string of the molecule is CN(C)C(=O)C(CCCNC1CCCCC1)(Cc1ccc(O)cc1)c1ccccc1. The van der Waals surface area contributed by atoms with Crippen molar-refractivity contribution in [2.75, 3.05) is 20.6 Å². The average Bonchev–Trinajstić information content (AvgIpc) is 2.78. The van der Waals surface area contributed by atoms with E-state index in [-0.39, 0.29) is 11.7 Å². The van der Waals surface area contributed by atoms with E-state index in [2.05, 4.69) is 17.4 Å². The van der Waals surface area contributed by atoms with Gasteiger partial charge in [-0.25, -0.2) is 0 Å². The van der Waals surface area contributed by atoms with Gasteiger partial charge in [0.05, 0.1) is 5.41 Å². The Morgan fingerprint density at radius 3 is 2.33 bits per heavy atom. The van der Waals surface area contributed by atoms with Crippen LogP contribution in [0.1, 0.15) is 56.1 Å². The Morgan fingerprint density at radius 1 is 1.03 bits per heavy atom. The summed E-state index contributed by atoms with van der Waals surface area (Å²) in [5.74, 6) is 0.388. The number of hydrogen-bond acceptors (Lipinski definition) is 3. The normalized spacial score (nSPS) is 16.7. The molecule has 1 saturated carbocycles.